The molecule has 3 N–H and O–H groups in total. The first-order valence-electron chi connectivity index (χ1n) is 2.76. The summed E-state index contributed by atoms with van der Waals surface area (Å²) in [6.07, 6.45) is -2.14. The molecule has 9 heavy (non-hydrogen) atoms. The highest BCUT2D eigenvalue weighted by Crippen LogP contribution is 2.22. The zero-order valence-corrected chi connectivity index (χ0v) is 5.11. The predicted molar refractivity (Wildman–Crippen MR) is 28.6 cm³/mol. The molecule has 0 saturated carbocycles. The van der Waals surface area contributed by atoms with E-state index in [0.717, 1.165) is 0 Å². The maximum absolute atomic E-state index is 9.00. The highest BCUT2D eigenvalue weighted by atomic mass is 16.7. The van der Waals surface area contributed by atoms with Gasteiger partial charge in [0, 0.05) is 0 Å². The van der Waals surface area contributed by atoms with E-state index >= 15 is 0 Å². The lowest BCUT2D eigenvalue weighted by Crippen LogP contribution is -2.39. The lowest BCUT2D eigenvalue weighted by Gasteiger charge is -2.19. The fraction of sp³-hybridized carbons (Fsp3) is 1.00. The predicted octanol–water partition coefficient (Wildman–Crippen LogP) is -1.55. The van der Waals surface area contributed by atoms with E-state index in [1.807, 2.05) is 0 Å². The second-order valence-electron chi connectivity index (χ2n) is 2.38. The Morgan fingerprint density at radius 3 is 2.22 bits per heavy atom. The summed E-state index contributed by atoms with van der Waals surface area (Å²) in [5.74, 6) is -1.57. The molecule has 0 aromatic rings. The molecule has 4 heteroatoms. The van der Waals surface area contributed by atoms with Gasteiger partial charge in [-0.2, -0.15) is 0 Å². The molecule has 3 atom stereocenters. The van der Waals surface area contributed by atoms with E-state index in [2.05, 4.69) is 4.74 Å². The third-order valence-electron chi connectivity index (χ3n) is 1.46. The van der Waals surface area contributed by atoms with Gasteiger partial charge in [0.15, 0.2) is 5.79 Å². The van der Waals surface area contributed by atoms with Gasteiger partial charge in [-0.3, -0.25) is 0 Å². The van der Waals surface area contributed by atoms with Crippen molar-refractivity contribution >= 4 is 0 Å². The van der Waals surface area contributed by atoms with Crippen molar-refractivity contribution in [2.75, 3.05) is 6.61 Å². The summed E-state index contributed by atoms with van der Waals surface area (Å²) in [5.41, 5.74) is 0. The van der Waals surface area contributed by atoms with Crippen LogP contribution in [0.2, 0.25) is 0 Å². The van der Waals surface area contributed by atoms with E-state index in [0.29, 0.717) is 0 Å². The monoisotopic (exact) mass is 134 g/mol. The Bertz CT molecular complexity index is 112. The fourth-order valence-corrected chi connectivity index (χ4v) is 0.788. The van der Waals surface area contributed by atoms with Crippen molar-refractivity contribution in [1.82, 2.24) is 0 Å². The summed E-state index contributed by atoms with van der Waals surface area (Å²) in [6, 6.07) is 0. The van der Waals surface area contributed by atoms with Crippen molar-refractivity contribution < 1.29 is 20.1 Å². The fourth-order valence-electron chi connectivity index (χ4n) is 0.788. The Balaban J connectivity index is 2.62. The van der Waals surface area contributed by atoms with Crippen LogP contribution in [-0.4, -0.2) is 39.9 Å². The molecule has 1 saturated heterocycles. The molecule has 1 rings (SSSR count). The molecular formula is C5H10O4. The smallest absolute Gasteiger partial charge is 0.191 e. The normalized spacial score (nSPS) is 52.0. The highest BCUT2D eigenvalue weighted by Gasteiger charge is 2.43. The average Bonchev–Trinajstić information content (AvgIpc) is 1.97. The minimum absolute atomic E-state index is 0.00579. The SMILES string of the molecule is CC1(O)OC[C@H](O)[C@H]1O. The van der Waals surface area contributed by atoms with Gasteiger partial charge in [0.25, 0.3) is 0 Å². The molecule has 0 spiro atoms. The minimum Gasteiger partial charge on any atom is -0.388 e. The molecule has 1 fully saturated rings. The summed E-state index contributed by atoms with van der Waals surface area (Å²) in [7, 11) is 0. The van der Waals surface area contributed by atoms with Crippen molar-refractivity contribution in [3.63, 3.8) is 0 Å². The number of aliphatic hydroxyl groups is 3. The summed E-state index contributed by atoms with van der Waals surface area (Å²) >= 11 is 0. The molecule has 54 valence electrons. The summed E-state index contributed by atoms with van der Waals surface area (Å²) in [6.45, 7) is 1.31. The Kier molecular flexibility index (Phi) is 1.48. The lowest BCUT2D eigenvalue weighted by molar-refractivity contribution is -0.201. The van der Waals surface area contributed by atoms with Gasteiger partial charge in [-0.1, -0.05) is 0 Å². The second-order valence-corrected chi connectivity index (χ2v) is 2.38. The van der Waals surface area contributed by atoms with Gasteiger partial charge in [-0.15, -0.1) is 0 Å². The Labute approximate surface area is 52.7 Å². The third-order valence-corrected chi connectivity index (χ3v) is 1.46. The first-order valence-corrected chi connectivity index (χ1v) is 2.76. The zero-order valence-electron chi connectivity index (χ0n) is 5.11. The standard InChI is InChI=1S/C5H10O4/c1-5(8)4(7)3(6)2-9-5/h3-4,6-8H,2H2,1H3/t3-,4+,5?/m0/s1. The largest absolute Gasteiger partial charge is 0.388 e. The molecule has 1 unspecified atom stereocenters. The van der Waals surface area contributed by atoms with Crippen LogP contribution in [0.5, 0.6) is 0 Å². The van der Waals surface area contributed by atoms with E-state index in [1.54, 1.807) is 0 Å². The zero-order chi connectivity index (χ0) is 7.07. The minimum atomic E-state index is -1.57. The number of rotatable bonds is 0. The number of aliphatic hydroxyl groups excluding tert-OH is 2. The summed E-state index contributed by atoms with van der Waals surface area (Å²) in [5, 5.41) is 26.7. The maximum atomic E-state index is 9.00. The Morgan fingerprint density at radius 1 is 1.56 bits per heavy atom. The highest BCUT2D eigenvalue weighted by molar-refractivity contribution is 4.85. The Morgan fingerprint density at radius 2 is 2.11 bits per heavy atom. The van der Waals surface area contributed by atoms with Crippen molar-refractivity contribution in [2.24, 2.45) is 0 Å². The van der Waals surface area contributed by atoms with E-state index < -0.39 is 18.0 Å². The molecule has 0 aromatic heterocycles. The Hall–Kier alpha value is -0.160. The van der Waals surface area contributed by atoms with Crippen molar-refractivity contribution in [1.29, 1.82) is 0 Å². The van der Waals surface area contributed by atoms with Gasteiger partial charge in [0.05, 0.1) is 6.61 Å². The van der Waals surface area contributed by atoms with Crippen molar-refractivity contribution in [2.45, 2.75) is 24.9 Å². The average molecular weight is 134 g/mol. The first kappa shape index (κ1) is 6.95. The molecule has 0 amide bonds. The van der Waals surface area contributed by atoms with Crippen molar-refractivity contribution in [3.8, 4) is 0 Å². The van der Waals surface area contributed by atoms with E-state index in [1.165, 1.54) is 6.92 Å². The van der Waals surface area contributed by atoms with Crippen LogP contribution in [-0.2, 0) is 4.74 Å². The van der Waals surface area contributed by atoms with Crippen LogP contribution < -0.4 is 0 Å². The quantitative estimate of drug-likeness (QED) is 0.375. The first-order chi connectivity index (χ1) is 4.04. The maximum Gasteiger partial charge on any atom is 0.191 e. The van der Waals surface area contributed by atoms with E-state index in [9.17, 15) is 0 Å². The number of hydrogen-bond acceptors (Lipinski definition) is 4. The topological polar surface area (TPSA) is 69.9 Å². The van der Waals surface area contributed by atoms with Gasteiger partial charge in [-0.25, -0.2) is 0 Å². The second kappa shape index (κ2) is 1.91. The van der Waals surface area contributed by atoms with E-state index in [-0.39, 0.29) is 6.61 Å². The molecule has 0 aliphatic carbocycles. The van der Waals surface area contributed by atoms with Crippen LogP contribution >= 0.6 is 0 Å². The molecule has 0 bridgehead atoms. The van der Waals surface area contributed by atoms with Gasteiger partial charge >= 0.3 is 0 Å². The van der Waals surface area contributed by atoms with Gasteiger partial charge in [0.1, 0.15) is 12.2 Å². The summed E-state index contributed by atoms with van der Waals surface area (Å²) < 4.78 is 4.62. The molecule has 1 aliphatic heterocycles. The van der Waals surface area contributed by atoms with Crippen LogP contribution in [0.4, 0.5) is 0 Å². The van der Waals surface area contributed by atoms with Crippen molar-refractivity contribution in [3.05, 3.63) is 0 Å². The number of ether oxygens (including phenoxy) is 1. The molecule has 0 radical (unpaired) electrons. The lowest BCUT2D eigenvalue weighted by atomic mass is 10.1. The molecule has 4 nitrogen and oxygen atoms in total. The van der Waals surface area contributed by atoms with Crippen LogP contribution in [0.25, 0.3) is 0 Å². The third kappa shape index (κ3) is 1.07. The van der Waals surface area contributed by atoms with E-state index in [4.69, 9.17) is 15.3 Å². The van der Waals surface area contributed by atoms with Crippen LogP contribution in [0.15, 0.2) is 0 Å². The van der Waals surface area contributed by atoms with Crippen LogP contribution in [0.3, 0.4) is 0 Å². The molecule has 1 heterocycles. The van der Waals surface area contributed by atoms with Gasteiger partial charge in [0.2, 0.25) is 0 Å². The van der Waals surface area contributed by atoms with Crippen LogP contribution in [0.1, 0.15) is 6.92 Å². The molecular weight excluding hydrogens is 124 g/mol. The number of hydrogen-bond donors (Lipinski definition) is 3. The molecule has 1 aliphatic rings. The summed E-state index contributed by atoms with van der Waals surface area (Å²) in [4.78, 5) is 0. The molecule has 0 aromatic carbocycles. The van der Waals surface area contributed by atoms with Gasteiger partial charge in [-0.05, 0) is 6.92 Å². The van der Waals surface area contributed by atoms with Gasteiger partial charge < -0.3 is 20.1 Å². The van der Waals surface area contributed by atoms with Crippen LogP contribution in [0, 0.1) is 0 Å².